The normalized spacial score (nSPS) is 11.2. The van der Waals surface area contributed by atoms with Crippen LogP contribution in [0.15, 0.2) is 36.8 Å². The summed E-state index contributed by atoms with van der Waals surface area (Å²) in [5.74, 6) is -0.144. The van der Waals surface area contributed by atoms with Crippen molar-refractivity contribution in [1.82, 2.24) is 29.8 Å². The molecule has 0 atom stereocenters. The van der Waals surface area contributed by atoms with Gasteiger partial charge in [0.15, 0.2) is 10.8 Å². The minimum atomic E-state index is -0.437. The molecule has 0 saturated heterocycles. The van der Waals surface area contributed by atoms with Crippen molar-refractivity contribution in [1.29, 1.82) is 0 Å². The van der Waals surface area contributed by atoms with Crippen LogP contribution in [0.5, 0.6) is 0 Å². The van der Waals surface area contributed by atoms with Gasteiger partial charge in [0.2, 0.25) is 4.96 Å². The Morgan fingerprint density at radius 2 is 2.09 bits per heavy atom. The molecule has 3 aromatic heterocycles. The van der Waals surface area contributed by atoms with Gasteiger partial charge >= 0.3 is 0 Å². The van der Waals surface area contributed by atoms with E-state index in [9.17, 15) is 4.39 Å². The molecule has 0 aliphatic heterocycles. The Balaban J connectivity index is 1.90. The lowest BCUT2D eigenvalue weighted by molar-refractivity contribution is 0.629. The summed E-state index contributed by atoms with van der Waals surface area (Å²) in [5.41, 5.74) is 0.867. The second kappa shape index (κ2) is 5.08. The molecule has 6 nitrogen and oxygen atoms in total. The van der Waals surface area contributed by atoms with Crippen LogP contribution in [-0.2, 0) is 0 Å². The van der Waals surface area contributed by atoms with E-state index in [-0.39, 0.29) is 5.56 Å². The van der Waals surface area contributed by atoms with Crippen LogP contribution in [0.1, 0.15) is 0 Å². The number of fused-ring (bicyclic) bond motifs is 1. The maximum absolute atomic E-state index is 14.0. The average Bonchev–Trinajstić information content (AvgIpc) is 3.11. The summed E-state index contributed by atoms with van der Waals surface area (Å²) < 4.78 is 15.5. The van der Waals surface area contributed by atoms with Crippen molar-refractivity contribution in [2.45, 2.75) is 0 Å². The monoisotopic (exact) mass is 332 g/mol. The third-order valence-corrected chi connectivity index (χ3v) is 4.10. The predicted molar refractivity (Wildman–Crippen MR) is 80.1 cm³/mol. The lowest BCUT2D eigenvalue weighted by Gasteiger charge is -2.00. The van der Waals surface area contributed by atoms with Crippen LogP contribution < -0.4 is 0 Å². The average molecular weight is 333 g/mol. The summed E-state index contributed by atoms with van der Waals surface area (Å²) in [5, 5.41) is 13.4. The highest BCUT2D eigenvalue weighted by Crippen LogP contribution is 2.29. The van der Waals surface area contributed by atoms with Crippen molar-refractivity contribution in [2.75, 3.05) is 0 Å². The fraction of sp³-hybridized carbons (Fsp3) is 0. The molecule has 0 radical (unpaired) electrons. The molecular formula is C13H6ClFN6S. The van der Waals surface area contributed by atoms with Gasteiger partial charge in [-0.2, -0.15) is 9.61 Å². The summed E-state index contributed by atoms with van der Waals surface area (Å²) >= 11 is 7.22. The molecule has 0 spiro atoms. The van der Waals surface area contributed by atoms with Crippen LogP contribution in [-0.4, -0.2) is 29.8 Å². The Bertz CT molecular complexity index is 967. The van der Waals surface area contributed by atoms with Gasteiger partial charge in [-0.05, 0) is 18.2 Å². The molecule has 0 aliphatic carbocycles. The lowest BCUT2D eigenvalue weighted by Crippen LogP contribution is -1.94. The second-order valence-corrected chi connectivity index (χ2v) is 5.73. The van der Waals surface area contributed by atoms with E-state index in [4.69, 9.17) is 11.6 Å². The van der Waals surface area contributed by atoms with Crippen LogP contribution in [0, 0.1) is 5.82 Å². The molecule has 0 unspecified atom stereocenters. The molecule has 3 heterocycles. The molecule has 0 N–H and O–H groups in total. The maximum Gasteiger partial charge on any atom is 0.235 e. The van der Waals surface area contributed by atoms with E-state index in [1.807, 2.05) is 0 Å². The Morgan fingerprint density at radius 3 is 2.91 bits per heavy atom. The van der Waals surface area contributed by atoms with Gasteiger partial charge in [-0.3, -0.25) is 9.97 Å². The van der Waals surface area contributed by atoms with Gasteiger partial charge < -0.3 is 0 Å². The molecule has 0 aliphatic rings. The molecule has 9 heteroatoms. The summed E-state index contributed by atoms with van der Waals surface area (Å²) in [6.07, 6.45) is 4.76. The first kappa shape index (κ1) is 13.2. The number of hydrogen-bond acceptors (Lipinski definition) is 6. The summed E-state index contributed by atoms with van der Waals surface area (Å²) in [6, 6.07) is 4.26. The summed E-state index contributed by atoms with van der Waals surface area (Å²) in [6.45, 7) is 0. The minimum absolute atomic E-state index is 0.246. The Morgan fingerprint density at radius 1 is 1.18 bits per heavy atom. The standard InChI is InChI=1S/C13H6ClFN6S/c14-7-1-2-9(15)8(5-7)11-18-19-13-21(11)20-12(22-13)10-6-16-3-4-17-10/h1-6H. The molecule has 22 heavy (non-hydrogen) atoms. The highest BCUT2D eigenvalue weighted by atomic mass is 35.5. The first-order valence-corrected chi connectivity index (χ1v) is 7.36. The van der Waals surface area contributed by atoms with Crippen LogP contribution in [0.3, 0.4) is 0 Å². The molecular weight excluding hydrogens is 327 g/mol. The van der Waals surface area contributed by atoms with Crippen molar-refractivity contribution >= 4 is 27.9 Å². The van der Waals surface area contributed by atoms with Crippen LogP contribution in [0.2, 0.25) is 5.02 Å². The SMILES string of the molecule is Fc1ccc(Cl)cc1-c1nnc2sc(-c3cnccn3)nn12. The van der Waals surface area contributed by atoms with E-state index in [2.05, 4.69) is 25.3 Å². The lowest BCUT2D eigenvalue weighted by atomic mass is 10.2. The van der Waals surface area contributed by atoms with Crippen LogP contribution in [0.25, 0.3) is 27.1 Å². The minimum Gasteiger partial charge on any atom is -0.261 e. The highest BCUT2D eigenvalue weighted by Gasteiger charge is 2.17. The largest absolute Gasteiger partial charge is 0.261 e. The van der Waals surface area contributed by atoms with Crippen molar-refractivity contribution in [2.24, 2.45) is 0 Å². The van der Waals surface area contributed by atoms with Crippen LogP contribution in [0.4, 0.5) is 4.39 Å². The molecule has 4 aromatic rings. The number of benzene rings is 1. The first-order valence-electron chi connectivity index (χ1n) is 6.16. The van der Waals surface area contributed by atoms with Gasteiger partial charge in [-0.25, -0.2) is 4.39 Å². The van der Waals surface area contributed by atoms with Gasteiger partial charge in [0.25, 0.3) is 0 Å². The number of halogens is 2. The molecule has 0 bridgehead atoms. The fourth-order valence-corrected chi connectivity index (χ4v) is 2.94. The molecule has 0 saturated carbocycles. The zero-order valence-corrected chi connectivity index (χ0v) is 12.4. The Kier molecular flexibility index (Phi) is 3.05. The summed E-state index contributed by atoms with van der Waals surface area (Å²) in [7, 11) is 0. The van der Waals surface area contributed by atoms with Gasteiger partial charge in [0.1, 0.15) is 11.5 Å². The van der Waals surface area contributed by atoms with Crippen LogP contribution >= 0.6 is 22.9 Å². The van der Waals surface area contributed by atoms with Crippen molar-refractivity contribution in [3.8, 4) is 22.1 Å². The zero-order chi connectivity index (χ0) is 15.1. The van der Waals surface area contributed by atoms with Gasteiger partial charge in [-0.1, -0.05) is 22.9 Å². The molecule has 0 amide bonds. The van der Waals surface area contributed by atoms with E-state index in [1.165, 1.54) is 34.1 Å². The topological polar surface area (TPSA) is 68.9 Å². The van der Waals surface area contributed by atoms with Gasteiger partial charge in [-0.15, -0.1) is 10.2 Å². The summed E-state index contributed by atoms with van der Waals surface area (Å²) in [4.78, 5) is 8.73. The first-order chi connectivity index (χ1) is 10.7. The van der Waals surface area contributed by atoms with Crippen molar-refractivity contribution in [3.63, 3.8) is 0 Å². The van der Waals surface area contributed by atoms with Crippen molar-refractivity contribution < 1.29 is 4.39 Å². The van der Waals surface area contributed by atoms with Gasteiger partial charge in [0.05, 0.1) is 11.8 Å². The van der Waals surface area contributed by atoms with E-state index >= 15 is 0 Å². The Hall–Kier alpha value is -2.45. The molecule has 108 valence electrons. The quantitative estimate of drug-likeness (QED) is 0.564. The van der Waals surface area contributed by atoms with E-state index in [0.717, 1.165) is 0 Å². The van der Waals surface area contributed by atoms with Crippen molar-refractivity contribution in [3.05, 3.63) is 47.6 Å². The number of aromatic nitrogens is 6. The zero-order valence-electron chi connectivity index (χ0n) is 10.8. The number of nitrogens with zero attached hydrogens (tertiary/aromatic N) is 6. The fourth-order valence-electron chi connectivity index (χ4n) is 1.97. The van der Waals surface area contributed by atoms with E-state index in [1.54, 1.807) is 18.6 Å². The predicted octanol–water partition coefficient (Wildman–Crippen LogP) is 3.10. The van der Waals surface area contributed by atoms with E-state index < -0.39 is 5.82 Å². The Labute approximate surface area is 132 Å². The third-order valence-electron chi connectivity index (χ3n) is 2.94. The van der Waals surface area contributed by atoms with E-state index in [0.29, 0.717) is 26.5 Å². The smallest absolute Gasteiger partial charge is 0.235 e. The molecule has 4 rings (SSSR count). The second-order valence-electron chi connectivity index (χ2n) is 4.34. The highest BCUT2D eigenvalue weighted by molar-refractivity contribution is 7.19. The molecule has 1 aromatic carbocycles. The maximum atomic E-state index is 14.0. The molecule has 0 fully saturated rings. The third kappa shape index (κ3) is 2.13. The number of hydrogen-bond donors (Lipinski definition) is 0. The van der Waals surface area contributed by atoms with Gasteiger partial charge in [0, 0.05) is 17.4 Å². The number of rotatable bonds is 2.